The van der Waals surface area contributed by atoms with Crippen LogP contribution in [0.3, 0.4) is 0 Å². The third-order valence-electron chi connectivity index (χ3n) is 2.43. The summed E-state index contributed by atoms with van der Waals surface area (Å²) in [6, 6.07) is 9.31. The van der Waals surface area contributed by atoms with E-state index in [9.17, 15) is 0 Å². The molecule has 0 fully saturated rings. The highest BCUT2D eigenvalue weighted by Gasteiger charge is 2.14. The van der Waals surface area contributed by atoms with Gasteiger partial charge in [0.2, 0.25) is 0 Å². The summed E-state index contributed by atoms with van der Waals surface area (Å²) in [5.41, 5.74) is 8.09. The molecule has 2 N–H and O–H groups in total. The fourth-order valence-electron chi connectivity index (χ4n) is 1.63. The van der Waals surface area contributed by atoms with Gasteiger partial charge in [0.25, 0.3) is 0 Å². The average molecular weight is 307 g/mol. The monoisotopic (exact) mass is 305 g/mol. The number of hydrogen-bond donors (Lipinski definition) is 1. The summed E-state index contributed by atoms with van der Waals surface area (Å²) in [7, 11) is 0. The van der Waals surface area contributed by atoms with Crippen LogP contribution in [0.15, 0.2) is 30.3 Å². The maximum absolute atomic E-state index is 6.11. The van der Waals surface area contributed by atoms with Crippen LogP contribution in [0.1, 0.15) is 17.2 Å². The molecule has 2 rings (SSSR count). The average Bonchev–Trinajstić information content (AvgIpc) is 2.58. The summed E-state index contributed by atoms with van der Waals surface area (Å²) >= 11 is 19.2. The Morgan fingerprint density at radius 1 is 1.18 bits per heavy atom. The molecule has 90 valence electrons. The number of thiophene rings is 1. The Morgan fingerprint density at radius 2 is 1.94 bits per heavy atom. The molecule has 0 aliphatic heterocycles. The summed E-state index contributed by atoms with van der Waals surface area (Å²) in [6.07, 6.45) is 0.688. The Bertz CT molecular complexity index is 524. The number of rotatable bonds is 3. The largest absolute Gasteiger partial charge is 0.324 e. The van der Waals surface area contributed by atoms with Gasteiger partial charge in [0.05, 0.1) is 8.67 Å². The van der Waals surface area contributed by atoms with Crippen LogP contribution in [0, 0.1) is 0 Å². The Balaban J connectivity index is 2.16. The van der Waals surface area contributed by atoms with Crippen LogP contribution in [0.25, 0.3) is 0 Å². The van der Waals surface area contributed by atoms with E-state index < -0.39 is 0 Å². The first-order valence-corrected chi connectivity index (χ1v) is 6.96. The molecule has 0 saturated heterocycles. The lowest BCUT2D eigenvalue weighted by Gasteiger charge is -2.11. The van der Waals surface area contributed by atoms with E-state index in [1.807, 2.05) is 30.3 Å². The fourth-order valence-corrected chi connectivity index (χ4v) is 3.44. The topological polar surface area (TPSA) is 26.0 Å². The highest BCUT2D eigenvalue weighted by molar-refractivity contribution is 7.20. The molecule has 1 atom stereocenters. The molecule has 1 nitrogen and oxygen atoms in total. The van der Waals surface area contributed by atoms with Crippen LogP contribution in [-0.2, 0) is 6.42 Å². The lowest BCUT2D eigenvalue weighted by atomic mass is 10.0. The van der Waals surface area contributed by atoms with E-state index >= 15 is 0 Å². The van der Waals surface area contributed by atoms with Crippen molar-refractivity contribution in [3.05, 3.63) is 55.2 Å². The van der Waals surface area contributed by atoms with Crippen molar-refractivity contribution in [1.82, 2.24) is 0 Å². The van der Waals surface area contributed by atoms with Gasteiger partial charge in [0.1, 0.15) is 0 Å². The summed E-state index contributed by atoms with van der Waals surface area (Å²) in [4.78, 5) is 0. The van der Waals surface area contributed by atoms with Gasteiger partial charge < -0.3 is 5.73 Å². The molecule has 0 bridgehead atoms. The van der Waals surface area contributed by atoms with E-state index in [2.05, 4.69) is 0 Å². The molecule has 0 saturated carbocycles. The van der Waals surface area contributed by atoms with Gasteiger partial charge in [-0.3, -0.25) is 0 Å². The van der Waals surface area contributed by atoms with E-state index in [-0.39, 0.29) is 6.04 Å². The third-order valence-corrected chi connectivity index (χ3v) is 4.18. The second kappa shape index (κ2) is 5.59. The molecule has 1 unspecified atom stereocenters. The lowest BCUT2D eigenvalue weighted by Crippen LogP contribution is -2.12. The SMILES string of the molecule is NC(Cc1cccc(Cl)c1)c1cc(Cl)sc1Cl. The molecule has 0 radical (unpaired) electrons. The van der Waals surface area contributed by atoms with Crippen molar-refractivity contribution < 1.29 is 0 Å². The second-order valence-electron chi connectivity index (χ2n) is 3.72. The third kappa shape index (κ3) is 3.36. The summed E-state index contributed by atoms with van der Waals surface area (Å²) < 4.78 is 1.32. The van der Waals surface area contributed by atoms with Crippen LogP contribution in [0.5, 0.6) is 0 Å². The van der Waals surface area contributed by atoms with Crippen molar-refractivity contribution >= 4 is 46.1 Å². The van der Waals surface area contributed by atoms with Crippen molar-refractivity contribution in [3.8, 4) is 0 Å². The Morgan fingerprint density at radius 3 is 2.53 bits per heavy atom. The summed E-state index contributed by atoms with van der Waals surface area (Å²) in [5.74, 6) is 0. The molecule has 0 aliphatic rings. The zero-order valence-corrected chi connectivity index (χ0v) is 11.9. The minimum absolute atomic E-state index is 0.162. The van der Waals surface area contributed by atoms with Crippen LogP contribution in [-0.4, -0.2) is 0 Å². The number of benzene rings is 1. The quantitative estimate of drug-likeness (QED) is 0.853. The molecule has 17 heavy (non-hydrogen) atoms. The number of nitrogens with two attached hydrogens (primary N) is 1. The van der Waals surface area contributed by atoms with Crippen LogP contribution < -0.4 is 5.73 Å². The first-order chi connectivity index (χ1) is 8.06. The molecule has 5 heteroatoms. The van der Waals surface area contributed by atoms with Crippen LogP contribution in [0.2, 0.25) is 13.7 Å². The first-order valence-electron chi connectivity index (χ1n) is 5.01. The second-order valence-corrected chi connectivity index (χ2v) is 6.44. The van der Waals surface area contributed by atoms with Crippen molar-refractivity contribution in [3.63, 3.8) is 0 Å². The fraction of sp³-hybridized carbons (Fsp3) is 0.167. The van der Waals surface area contributed by atoms with Gasteiger partial charge >= 0.3 is 0 Å². The summed E-state index contributed by atoms with van der Waals surface area (Å²) in [6.45, 7) is 0. The minimum atomic E-state index is -0.162. The zero-order chi connectivity index (χ0) is 12.4. The van der Waals surface area contributed by atoms with Gasteiger partial charge in [-0.25, -0.2) is 0 Å². The van der Waals surface area contributed by atoms with E-state index in [0.29, 0.717) is 20.1 Å². The van der Waals surface area contributed by atoms with E-state index in [4.69, 9.17) is 40.5 Å². The molecule has 1 heterocycles. The van der Waals surface area contributed by atoms with Gasteiger partial charge in [-0.15, -0.1) is 11.3 Å². The maximum atomic E-state index is 6.11. The standard InChI is InChI=1S/C12H10Cl3NS/c13-8-3-1-2-7(4-8)5-10(16)9-6-11(14)17-12(9)15/h1-4,6,10H,5,16H2. The molecular weight excluding hydrogens is 297 g/mol. The number of hydrogen-bond acceptors (Lipinski definition) is 2. The Hall–Kier alpha value is -0.250. The van der Waals surface area contributed by atoms with Crippen molar-refractivity contribution in [1.29, 1.82) is 0 Å². The summed E-state index contributed by atoms with van der Waals surface area (Å²) in [5, 5.41) is 0.712. The highest BCUT2D eigenvalue weighted by atomic mass is 35.5. The molecule has 0 spiro atoms. The van der Waals surface area contributed by atoms with Crippen molar-refractivity contribution in [2.24, 2.45) is 5.73 Å². The van der Waals surface area contributed by atoms with E-state index in [1.165, 1.54) is 11.3 Å². The maximum Gasteiger partial charge on any atom is 0.0992 e. The van der Waals surface area contributed by atoms with Gasteiger partial charge in [-0.05, 0) is 30.2 Å². The van der Waals surface area contributed by atoms with E-state index in [1.54, 1.807) is 0 Å². The lowest BCUT2D eigenvalue weighted by molar-refractivity contribution is 0.725. The molecule has 1 aromatic heterocycles. The number of halogens is 3. The van der Waals surface area contributed by atoms with Crippen LogP contribution in [0.4, 0.5) is 0 Å². The molecule has 0 amide bonds. The molecule has 0 aliphatic carbocycles. The van der Waals surface area contributed by atoms with Gasteiger partial charge in [0.15, 0.2) is 0 Å². The highest BCUT2D eigenvalue weighted by Crippen LogP contribution is 2.35. The normalized spacial score (nSPS) is 12.7. The molecular formula is C12H10Cl3NS. The van der Waals surface area contributed by atoms with Crippen molar-refractivity contribution in [2.45, 2.75) is 12.5 Å². The predicted molar refractivity (Wildman–Crippen MR) is 76.4 cm³/mol. The Kier molecular flexibility index (Phi) is 4.34. The smallest absolute Gasteiger partial charge is 0.0992 e. The van der Waals surface area contributed by atoms with E-state index in [0.717, 1.165) is 11.1 Å². The Labute approximate surface area is 119 Å². The van der Waals surface area contributed by atoms with Gasteiger partial charge in [-0.1, -0.05) is 46.9 Å². The van der Waals surface area contributed by atoms with Gasteiger partial charge in [0, 0.05) is 16.6 Å². The van der Waals surface area contributed by atoms with Gasteiger partial charge in [-0.2, -0.15) is 0 Å². The van der Waals surface area contributed by atoms with Crippen molar-refractivity contribution in [2.75, 3.05) is 0 Å². The predicted octanol–water partition coefficient (Wildman–Crippen LogP) is 4.95. The van der Waals surface area contributed by atoms with Crippen LogP contribution >= 0.6 is 46.1 Å². The molecule has 1 aromatic carbocycles. The first kappa shape index (κ1) is 13.2. The zero-order valence-electron chi connectivity index (χ0n) is 8.79. The molecule has 2 aromatic rings. The minimum Gasteiger partial charge on any atom is -0.324 e.